The third-order valence-corrected chi connectivity index (χ3v) is 1.61. The van der Waals surface area contributed by atoms with Crippen molar-refractivity contribution >= 4 is 0 Å². The summed E-state index contributed by atoms with van der Waals surface area (Å²) >= 11 is 0. The molecule has 1 heteroatoms. The molecule has 0 aliphatic heterocycles. The summed E-state index contributed by atoms with van der Waals surface area (Å²) in [5, 5.41) is 9.63. The standard InChI is InChI=1S/C11H8O/c1-3-11(12,4-2)10-8-6-5-7-9-10/h1-2,5-9,12H. The molecule has 0 aromatic heterocycles. The topological polar surface area (TPSA) is 20.2 Å². The number of aliphatic hydroxyl groups is 1. The van der Waals surface area contributed by atoms with Crippen LogP contribution in [-0.4, -0.2) is 5.11 Å². The normalized spacial score (nSPS) is 9.92. The molecule has 0 fully saturated rings. The van der Waals surface area contributed by atoms with E-state index in [1.807, 2.05) is 6.07 Å². The second-order valence-electron chi connectivity index (χ2n) is 2.37. The Morgan fingerprint density at radius 1 is 1.08 bits per heavy atom. The zero-order valence-electron chi connectivity index (χ0n) is 6.49. The third kappa shape index (κ3) is 1.32. The molecule has 1 aromatic carbocycles. The largest absolute Gasteiger partial charge is 0.364 e. The lowest BCUT2D eigenvalue weighted by atomic mass is 9.96. The summed E-state index contributed by atoms with van der Waals surface area (Å²) in [4.78, 5) is 0. The van der Waals surface area contributed by atoms with Crippen LogP contribution in [0.25, 0.3) is 0 Å². The monoisotopic (exact) mass is 156 g/mol. The Morgan fingerprint density at radius 2 is 1.58 bits per heavy atom. The van der Waals surface area contributed by atoms with Gasteiger partial charge in [0.2, 0.25) is 5.60 Å². The summed E-state index contributed by atoms with van der Waals surface area (Å²) in [5.74, 6) is 4.33. The van der Waals surface area contributed by atoms with Gasteiger partial charge in [-0.05, 0) is 0 Å². The van der Waals surface area contributed by atoms with Crippen LogP contribution < -0.4 is 0 Å². The molecular formula is C11H8O. The number of hydrogen-bond donors (Lipinski definition) is 1. The molecule has 1 aromatic rings. The SMILES string of the molecule is C#CC(O)(C#C)c1ccccc1. The highest BCUT2D eigenvalue weighted by molar-refractivity contribution is 5.38. The van der Waals surface area contributed by atoms with E-state index in [1.165, 1.54) is 0 Å². The van der Waals surface area contributed by atoms with Gasteiger partial charge in [-0.1, -0.05) is 42.2 Å². The van der Waals surface area contributed by atoms with Gasteiger partial charge in [-0.3, -0.25) is 0 Å². The summed E-state index contributed by atoms with van der Waals surface area (Å²) in [5.41, 5.74) is -1.02. The first-order valence-electron chi connectivity index (χ1n) is 3.46. The lowest BCUT2D eigenvalue weighted by molar-refractivity contribution is 0.165. The van der Waals surface area contributed by atoms with Gasteiger partial charge in [0.05, 0.1) is 0 Å². The minimum atomic E-state index is -1.57. The highest BCUT2D eigenvalue weighted by Gasteiger charge is 2.22. The Hall–Kier alpha value is -1.70. The summed E-state index contributed by atoms with van der Waals surface area (Å²) in [6.07, 6.45) is 10.2. The fraction of sp³-hybridized carbons (Fsp3) is 0.0909. The molecule has 0 aliphatic carbocycles. The van der Waals surface area contributed by atoms with Crippen molar-refractivity contribution < 1.29 is 5.11 Å². The maximum atomic E-state index is 9.63. The fourth-order valence-electron chi connectivity index (χ4n) is 0.888. The van der Waals surface area contributed by atoms with Crippen LogP contribution in [-0.2, 0) is 5.60 Å². The van der Waals surface area contributed by atoms with Crippen LogP contribution in [0.15, 0.2) is 30.3 Å². The lowest BCUT2D eigenvalue weighted by Gasteiger charge is -2.14. The van der Waals surface area contributed by atoms with Crippen molar-refractivity contribution in [2.75, 3.05) is 0 Å². The van der Waals surface area contributed by atoms with E-state index in [0.29, 0.717) is 5.56 Å². The molecule has 0 atom stereocenters. The summed E-state index contributed by atoms with van der Waals surface area (Å²) in [6.45, 7) is 0. The number of terminal acetylenes is 2. The number of rotatable bonds is 1. The molecule has 12 heavy (non-hydrogen) atoms. The Kier molecular flexibility index (Phi) is 2.19. The van der Waals surface area contributed by atoms with Crippen molar-refractivity contribution in [3.8, 4) is 24.7 Å². The van der Waals surface area contributed by atoms with E-state index in [9.17, 15) is 5.11 Å². The van der Waals surface area contributed by atoms with Gasteiger partial charge in [0.1, 0.15) is 0 Å². The average molecular weight is 156 g/mol. The van der Waals surface area contributed by atoms with Crippen molar-refractivity contribution in [2.24, 2.45) is 0 Å². The molecule has 0 radical (unpaired) electrons. The van der Waals surface area contributed by atoms with Crippen molar-refractivity contribution in [1.29, 1.82) is 0 Å². The molecule has 0 saturated carbocycles. The first kappa shape index (κ1) is 8.40. The van der Waals surface area contributed by atoms with Gasteiger partial charge in [-0.15, -0.1) is 12.8 Å². The first-order valence-corrected chi connectivity index (χ1v) is 3.46. The highest BCUT2D eigenvalue weighted by atomic mass is 16.3. The van der Waals surface area contributed by atoms with Gasteiger partial charge in [0.15, 0.2) is 0 Å². The van der Waals surface area contributed by atoms with Crippen LogP contribution in [0.4, 0.5) is 0 Å². The van der Waals surface area contributed by atoms with Gasteiger partial charge in [0.25, 0.3) is 0 Å². The average Bonchev–Trinajstić information content (AvgIpc) is 2.18. The van der Waals surface area contributed by atoms with E-state index in [4.69, 9.17) is 12.8 Å². The van der Waals surface area contributed by atoms with Gasteiger partial charge < -0.3 is 5.11 Å². The Labute approximate surface area is 72.0 Å². The molecule has 1 nitrogen and oxygen atoms in total. The van der Waals surface area contributed by atoms with E-state index in [1.54, 1.807) is 24.3 Å². The van der Waals surface area contributed by atoms with Crippen LogP contribution in [0, 0.1) is 24.7 Å². The zero-order chi connectivity index (χ0) is 9.03. The quantitative estimate of drug-likeness (QED) is 0.604. The van der Waals surface area contributed by atoms with E-state index < -0.39 is 5.60 Å². The molecule has 58 valence electrons. The molecule has 1 rings (SSSR count). The maximum Gasteiger partial charge on any atom is 0.213 e. The van der Waals surface area contributed by atoms with Crippen molar-refractivity contribution in [2.45, 2.75) is 5.60 Å². The van der Waals surface area contributed by atoms with Crippen LogP contribution in [0.3, 0.4) is 0 Å². The van der Waals surface area contributed by atoms with Crippen LogP contribution >= 0.6 is 0 Å². The zero-order valence-corrected chi connectivity index (χ0v) is 6.49. The second kappa shape index (κ2) is 3.13. The van der Waals surface area contributed by atoms with Crippen LogP contribution in [0.5, 0.6) is 0 Å². The molecule has 0 aliphatic rings. The smallest absolute Gasteiger partial charge is 0.213 e. The summed E-state index contributed by atoms with van der Waals surface area (Å²) in [7, 11) is 0. The number of benzene rings is 1. The Bertz CT molecular complexity index is 324. The Balaban J connectivity index is 3.17. The third-order valence-electron chi connectivity index (χ3n) is 1.61. The van der Waals surface area contributed by atoms with E-state index >= 15 is 0 Å². The van der Waals surface area contributed by atoms with Crippen molar-refractivity contribution in [3.05, 3.63) is 35.9 Å². The fourth-order valence-corrected chi connectivity index (χ4v) is 0.888. The Morgan fingerprint density at radius 3 is 2.00 bits per heavy atom. The van der Waals surface area contributed by atoms with Crippen LogP contribution in [0.2, 0.25) is 0 Å². The predicted octanol–water partition coefficient (Wildman–Crippen LogP) is 1.14. The minimum Gasteiger partial charge on any atom is -0.364 e. The molecular weight excluding hydrogens is 148 g/mol. The van der Waals surface area contributed by atoms with Gasteiger partial charge in [-0.25, -0.2) is 0 Å². The van der Waals surface area contributed by atoms with Gasteiger partial charge in [0, 0.05) is 5.56 Å². The van der Waals surface area contributed by atoms with Crippen molar-refractivity contribution in [3.63, 3.8) is 0 Å². The number of hydrogen-bond acceptors (Lipinski definition) is 1. The molecule has 0 unspecified atom stereocenters. The van der Waals surface area contributed by atoms with E-state index in [2.05, 4.69) is 11.8 Å². The first-order chi connectivity index (χ1) is 5.73. The van der Waals surface area contributed by atoms with Crippen molar-refractivity contribution in [1.82, 2.24) is 0 Å². The summed E-state index contributed by atoms with van der Waals surface area (Å²) < 4.78 is 0. The predicted molar refractivity (Wildman–Crippen MR) is 48.0 cm³/mol. The summed E-state index contributed by atoms with van der Waals surface area (Å²) in [6, 6.07) is 8.76. The van der Waals surface area contributed by atoms with E-state index in [0.717, 1.165) is 0 Å². The maximum absolute atomic E-state index is 9.63. The molecule has 0 bridgehead atoms. The highest BCUT2D eigenvalue weighted by Crippen LogP contribution is 2.18. The molecule has 0 amide bonds. The van der Waals surface area contributed by atoms with Gasteiger partial charge >= 0.3 is 0 Å². The molecule has 0 saturated heterocycles. The second-order valence-corrected chi connectivity index (χ2v) is 2.37. The van der Waals surface area contributed by atoms with Gasteiger partial charge in [-0.2, -0.15) is 0 Å². The van der Waals surface area contributed by atoms with Crippen LogP contribution in [0.1, 0.15) is 5.56 Å². The molecule has 0 spiro atoms. The van der Waals surface area contributed by atoms with E-state index in [-0.39, 0.29) is 0 Å². The lowest BCUT2D eigenvalue weighted by Crippen LogP contribution is -2.20. The molecule has 1 N–H and O–H groups in total. The minimum absolute atomic E-state index is 0.551. The molecule has 0 heterocycles.